The number of aryl methyl sites for hydroxylation is 1. The number of carbonyl (C=O) groups excluding carboxylic acids is 2. The third-order valence-corrected chi connectivity index (χ3v) is 4.36. The van der Waals surface area contributed by atoms with E-state index in [1.54, 1.807) is 43.1 Å². The van der Waals surface area contributed by atoms with Crippen molar-refractivity contribution in [2.75, 3.05) is 25.5 Å². The van der Waals surface area contributed by atoms with Crippen LogP contribution in [0, 0.1) is 12.3 Å². The summed E-state index contributed by atoms with van der Waals surface area (Å²) in [6, 6.07) is 6.36. The molecule has 8 heteroatoms. The topological polar surface area (TPSA) is 88.6 Å². The van der Waals surface area contributed by atoms with Crippen LogP contribution in [0.2, 0.25) is 5.02 Å². The Kier molecular flexibility index (Phi) is 7.90. The Balaban J connectivity index is 0.00000364. The number of amides is 2. The Morgan fingerprint density at radius 1 is 1.26 bits per heavy atom. The summed E-state index contributed by atoms with van der Waals surface area (Å²) >= 11 is 6.06. The van der Waals surface area contributed by atoms with Gasteiger partial charge in [0.1, 0.15) is 5.76 Å². The van der Waals surface area contributed by atoms with Crippen LogP contribution in [0.1, 0.15) is 40.3 Å². The molecule has 148 valence electrons. The molecule has 0 saturated carbocycles. The highest BCUT2D eigenvalue weighted by atomic mass is 35.5. The van der Waals surface area contributed by atoms with E-state index in [9.17, 15) is 9.59 Å². The van der Waals surface area contributed by atoms with E-state index in [-0.39, 0.29) is 29.6 Å². The van der Waals surface area contributed by atoms with E-state index in [2.05, 4.69) is 5.32 Å². The SMILES string of the molecule is Cc1occc1C(=O)Nc1cc(Cl)ccc1C(=O)N(C)CC(C)(C)CN.Cl. The van der Waals surface area contributed by atoms with Crippen LogP contribution in [0.4, 0.5) is 5.69 Å². The largest absolute Gasteiger partial charge is 0.469 e. The first-order valence-corrected chi connectivity index (χ1v) is 8.63. The molecule has 2 rings (SSSR count). The van der Waals surface area contributed by atoms with Crippen LogP contribution < -0.4 is 11.1 Å². The van der Waals surface area contributed by atoms with Gasteiger partial charge < -0.3 is 20.4 Å². The molecule has 0 atom stereocenters. The summed E-state index contributed by atoms with van der Waals surface area (Å²) in [5, 5.41) is 3.17. The van der Waals surface area contributed by atoms with E-state index < -0.39 is 0 Å². The van der Waals surface area contributed by atoms with Crippen LogP contribution in [-0.2, 0) is 0 Å². The van der Waals surface area contributed by atoms with E-state index in [4.69, 9.17) is 21.8 Å². The van der Waals surface area contributed by atoms with Crippen molar-refractivity contribution >= 4 is 41.5 Å². The summed E-state index contributed by atoms with van der Waals surface area (Å²) in [5.41, 5.74) is 6.66. The summed E-state index contributed by atoms with van der Waals surface area (Å²) < 4.78 is 5.16. The molecule has 0 bridgehead atoms. The molecular formula is C19H25Cl2N3O3. The van der Waals surface area contributed by atoms with Crippen LogP contribution in [0.15, 0.2) is 34.9 Å². The minimum atomic E-state index is -0.363. The van der Waals surface area contributed by atoms with Gasteiger partial charge in [-0.1, -0.05) is 25.4 Å². The number of nitrogens with one attached hydrogen (secondary N) is 1. The molecular weight excluding hydrogens is 389 g/mol. The van der Waals surface area contributed by atoms with E-state index in [1.165, 1.54) is 6.26 Å². The van der Waals surface area contributed by atoms with Gasteiger partial charge in [-0.2, -0.15) is 0 Å². The van der Waals surface area contributed by atoms with Crippen molar-refractivity contribution in [3.8, 4) is 0 Å². The van der Waals surface area contributed by atoms with Gasteiger partial charge in [0.15, 0.2) is 0 Å². The number of furan rings is 1. The quantitative estimate of drug-likeness (QED) is 0.749. The molecule has 1 heterocycles. The zero-order chi connectivity index (χ0) is 19.5. The summed E-state index contributed by atoms with van der Waals surface area (Å²) in [7, 11) is 1.71. The highest BCUT2D eigenvalue weighted by molar-refractivity contribution is 6.31. The normalized spacial score (nSPS) is 10.9. The molecule has 0 saturated heterocycles. The fraction of sp³-hybridized carbons (Fsp3) is 0.368. The van der Waals surface area contributed by atoms with Crippen molar-refractivity contribution in [2.24, 2.45) is 11.1 Å². The first-order valence-electron chi connectivity index (χ1n) is 8.25. The third-order valence-electron chi connectivity index (χ3n) is 4.13. The minimum Gasteiger partial charge on any atom is -0.469 e. The molecule has 0 radical (unpaired) electrons. The second-order valence-electron chi connectivity index (χ2n) is 7.06. The van der Waals surface area contributed by atoms with Gasteiger partial charge in [-0.3, -0.25) is 9.59 Å². The average molecular weight is 414 g/mol. The van der Waals surface area contributed by atoms with E-state index in [1.807, 2.05) is 13.8 Å². The van der Waals surface area contributed by atoms with Crippen LogP contribution in [0.25, 0.3) is 0 Å². The first kappa shape index (κ1) is 23.0. The summed E-state index contributed by atoms with van der Waals surface area (Å²) in [4.78, 5) is 26.9. The molecule has 0 spiro atoms. The Bertz CT molecular complexity index is 818. The van der Waals surface area contributed by atoms with Crippen molar-refractivity contribution < 1.29 is 14.0 Å². The van der Waals surface area contributed by atoms with Crippen molar-refractivity contribution in [3.63, 3.8) is 0 Å². The molecule has 6 nitrogen and oxygen atoms in total. The van der Waals surface area contributed by atoms with Crippen molar-refractivity contribution in [1.29, 1.82) is 0 Å². The molecule has 2 amide bonds. The molecule has 0 aliphatic heterocycles. The van der Waals surface area contributed by atoms with Gasteiger partial charge in [0.2, 0.25) is 0 Å². The highest BCUT2D eigenvalue weighted by Crippen LogP contribution is 2.25. The number of nitrogens with two attached hydrogens (primary N) is 1. The van der Waals surface area contributed by atoms with Gasteiger partial charge in [-0.25, -0.2) is 0 Å². The lowest BCUT2D eigenvalue weighted by Crippen LogP contribution is -2.40. The molecule has 0 aliphatic rings. The van der Waals surface area contributed by atoms with Crippen LogP contribution in [0.3, 0.4) is 0 Å². The Labute approximate surface area is 170 Å². The standard InChI is InChI=1S/C19H24ClN3O3.ClH/c1-12-14(7-8-26-12)17(24)22-16-9-13(20)5-6-15(16)18(25)23(4)11-19(2,3)10-21;/h5-9H,10-11,21H2,1-4H3,(H,22,24);1H. The smallest absolute Gasteiger partial charge is 0.259 e. The number of hydrogen-bond acceptors (Lipinski definition) is 4. The molecule has 0 aliphatic carbocycles. The fourth-order valence-electron chi connectivity index (χ4n) is 2.60. The van der Waals surface area contributed by atoms with Gasteiger partial charge in [0, 0.05) is 18.6 Å². The average Bonchev–Trinajstić information content (AvgIpc) is 3.00. The third kappa shape index (κ3) is 5.73. The number of benzene rings is 1. The second kappa shape index (κ2) is 9.26. The molecule has 0 unspecified atom stereocenters. The van der Waals surface area contributed by atoms with Gasteiger partial charge >= 0.3 is 0 Å². The number of carbonyl (C=O) groups is 2. The maximum Gasteiger partial charge on any atom is 0.259 e. The van der Waals surface area contributed by atoms with Gasteiger partial charge in [-0.15, -0.1) is 12.4 Å². The number of hydrogen-bond donors (Lipinski definition) is 2. The van der Waals surface area contributed by atoms with Crippen LogP contribution >= 0.6 is 24.0 Å². The van der Waals surface area contributed by atoms with Gasteiger partial charge in [0.05, 0.1) is 23.1 Å². The van der Waals surface area contributed by atoms with Crippen molar-refractivity contribution in [3.05, 3.63) is 52.4 Å². The molecule has 2 aromatic rings. The molecule has 0 fully saturated rings. The molecule has 3 N–H and O–H groups in total. The fourth-order valence-corrected chi connectivity index (χ4v) is 2.77. The van der Waals surface area contributed by atoms with Crippen LogP contribution in [0.5, 0.6) is 0 Å². The summed E-state index contributed by atoms with van der Waals surface area (Å²) in [6.07, 6.45) is 1.44. The van der Waals surface area contributed by atoms with Crippen molar-refractivity contribution in [2.45, 2.75) is 20.8 Å². The zero-order valence-electron chi connectivity index (χ0n) is 15.8. The lowest BCUT2D eigenvalue weighted by molar-refractivity contribution is 0.0741. The molecule has 27 heavy (non-hydrogen) atoms. The maximum absolute atomic E-state index is 12.9. The van der Waals surface area contributed by atoms with E-state index in [0.29, 0.717) is 40.7 Å². The first-order chi connectivity index (χ1) is 12.1. The van der Waals surface area contributed by atoms with E-state index >= 15 is 0 Å². The second-order valence-corrected chi connectivity index (χ2v) is 7.50. The maximum atomic E-state index is 12.9. The summed E-state index contributed by atoms with van der Waals surface area (Å²) in [6.45, 7) is 6.61. The highest BCUT2D eigenvalue weighted by Gasteiger charge is 2.24. The lowest BCUT2D eigenvalue weighted by Gasteiger charge is -2.29. The Hall–Kier alpha value is -2.02. The summed E-state index contributed by atoms with van der Waals surface area (Å²) in [5.74, 6) is -0.0841. The number of nitrogens with zero attached hydrogens (tertiary/aromatic N) is 1. The number of halogens is 2. The van der Waals surface area contributed by atoms with Gasteiger partial charge in [0.25, 0.3) is 11.8 Å². The molecule has 1 aromatic carbocycles. The zero-order valence-corrected chi connectivity index (χ0v) is 17.4. The number of anilines is 1. The predicted octanol–water partition coefficient (Wildman–Crippen LogP) is 3.97. The van der Waals surface area contributed by atoms with E-state index in [0.717, 1.165) is 0 Å². The monoisotopic (exact) mass is 413 g/mol. The van der Waals surface area contributed by atoms with Crippen LogP contribution in [-0.4, -0.2) is 36.9 Å². The minimum absolute atomic E-state index is 0. The Morgan fingerprint density at radius 3 is 2.48 bits per heavy atom. The van der Waals surface area contributed by atoms with Crippen molar-refractivity contribution in [1.82, 2.24) is 4.90 Å². The number of rotatable bonds is 6. The predicted molar refractivity (Wildman–Crippen MR) is 110 cm³/mol. The lowest BCUT2D eigenvalue weighted by atomic mass is 9.93. The van der Waals surface area contributed by atoms with Gasteiger partial charge in [-0.05, 0) is 43.1 Å². The Morgan fingerprint density at radius 2 is 1.93 bits per heavy atom. The molecule has 1 aromatic heterocycles.